The molecule has 0 aliphatic carbocycles. The average Bonchev–Trinajstić information content (AvgIpc) is 3.06. The summed E-state index contributed by atoms with van der Waals surface area (Å²) in [6, 6.07) is 14.2. The van der Waals surface area contributed by atoms with Crippen LogP contribution >= 0.6 is 0 Å². The number of nitrogens with zero attached hydrogens (tertiary/aromatic N) is 2. The Balaban J connectivity index is 1.99. The third-order valence-corrected chi connectivity index (χ3v) is 4.73. The first-order chi connectivity index (χ1) is 13.1. The highest BCUT2D eigenvalue weighted by molar-refractivity contribution is 5.79. The Morgan fingerprint density at radius 1 is 1.19 bits per heavy atom. The predicted molar refractivity (Wildman–Crippen MR) is 106 cm³/mol. The van der Waals surface area contributed by atoms with E-state index in [4.69, 9.17) is 14.8 Å². The fraction of sp³-hybridized carbons (Fsp3) is 0.364. The number of aromatic nitrogens is 2. The molecule has 0 saturated carbocycles. The fourth-order valence-electron chi connectivity index (χ4n) is 3.21. The van der Waals surface area contributed by atoms with Gasteiger partial charge in [-0.1, -0.05) is 32.0 Å². The van der Waals surface area contributed by atoms with Crippen LogP contribution < -0.4 is 0 Å². The maximum atomic E-state index is 11.6. The number of aliphatic hydroxyl groups excluding tert-OH is 1. The molecule has 1 heterocycles. The molecule has 1 atom stereocenters. The summed E-state index contributed by atoms with van der Waals surface area (Å²) in [7, 11) is 0. The van der Waals surface area contributed by atoms with Gasteiger partial charge in [-0.3, -0.25) is 9.36 Å². The van der Waals surface area contributed by atoms with Gasteiger partial charge in [0, 0.05) is 25.1 Å². The Morgan fingerprint density at radius 3 is 2.56 bits per heavy atom. The van der Waals surface area contributed by atoms with E-state index in [9.17, 15) is 4.79 Å². The van der Waals surface area contributed by atoms with Crippen LogP contribution in [0.1, 0.15) is 50.2 Å². The van der Waals surface area contributed by atoms with Crippen LogP contribution in [-0.2, 0) is 22.4 Å². The Hall–Kier alpha value is -2.66. The Bertz CT molecular complexity index is 929. The second kappa shape index (κ2) is 8.35. The van der Waals surface area contributed by atoms with Gasteiger partial charge < -0.3 is 9.84 Å². The molecule has 27 heavy (non-hydrogen) atoms. The third-order valence-electron chi connectivity index (χ3n) is 4.73. The van der Waals surface area contributed by atoms with Crippen molar-refractivity contribution in [3.8, 4) is 5.69 Å². The minimum Gasteiger partial charge on any atom is -0.458 e. The molecule has 0 spiro atoms. The van der Waals surface area contributed by atoms with Gasteiger partial charge in [0.25, 0.3) is 0 Å². The number of aliphatic hydroxyl groups is 1. The lowest BCUT2D eigenvalue weighted by atomic mass is 10.1. The molecule has 0 aliphatic rings. The largest absolute Gasteiger partial charge is 0.458 e. The zero-order valence-corrected chi connectivity index (χ0v) is 16.1. The predicted octanol–water partition coefficient (Wildman–Crippen LogP) is 4.14. The quantitative estimate of drug-likeness (QED) is 0.639. The molecule has 0 aliphatic heterocycles. The molecule has 0 fully saturated rings. The molecule has 0 radical (unpaired) electrons. The van der Waals surface area contributed by atoms with Crippen molar-refractivity contribution in [3.63, 3.8) is 0 Å². The monoisotopic (exact) mass is 366 g/mol. The van der Waals surface area contributed by atoms with Crippen molar-refractivity contribution < 1.29 is 14.6 Å². The van der Waals surface area contributed by atoms with E-state index in [2.05, 4.69) is 23.6 Å². The highest BCUT2D eigenvalue weighted by Gasteiger charge is 2.15. The van der Waals surface area contributed by atoms with Crippen molar-refractivity contribution in [1.29, 1.82) is 0 Å². The SMILES string of the molecule is CCC(=O)OC(C)c1ccc2c(c1)nc(CC)n2-c1ccc(CCO)cc1. The molecule has 5 heteroatoms. The smallest absolute Gasteiger partial charge is 0.306 e. The van der Waals surface area contributed by atoms with Crippen LogP contribution in [0.4, 0.5) is 0 Å². The number of carbonyl (C=O) groups excluding carboxylic acids is 1. The maximum Gasteiger partial charge on any atom is 0.306 e. The molecule has 3 aromatic rings. The summed E-state index contributed by atoms with van der Waals surface area (Å²) in [6.45, 7) is 5.91. The summed E-state index contributed by atoms with van der Waals surface area (Å²) >= 11 is 0. The molecule has 2 aromatic carbocycles. The molecule has 1 aromatic heterocycles. The maximum absolute atomic E-state index is 11.6. The molecular weight excluding hydrogens is 340 g/mol. The molecule has 0 amide bonds. The van der Waals surface area contributed by atoms with Gasteiger partial charge in [-0.15, -0.1) is 0 Å². The van der Waals surface area contributed by atoms with E-state index >= 15 is 0 Å². The normalized spacial score (nSPS) is 12.3. The van der Waals surface area contributed by atoms with Gasteiger partial charge in [-0.05, 0) is 48.7 Å². The summed E-state index contributed by atoms with van der Waals surface area (Å²) in [5.74, 6) is 0.778. The molecule has 5 nitrogen and oxygen atoms in total. The molecule has 3 rings (SSSR count). The number of ether oxygens (including phenoxy) is 1. The second-order valence-corrected chi connectivity index (χ2v) is 6.59. The first kappa shape index (κ1) is 19.1. The number of rotatable bonds is 7. The lowest BCUT2D eigenvalue weighted by Crippen LogP contribution is -2.07. The minimum atomic E-state index is -0.296. The van der Waals surface area contributed by atoms with Gasteiger partial charge in [-0.25, -0.2) is 4.98 Å². The van der Waals surface area contributed by atoms with Crippen molar-refractivity contribution in [2.24, 2.45) is 0 Å². The van der Waals surface area contributed by atoms with E-state index in [1.165, 1.54) is 0 Å². The summed E-state index contributed by atoms with van der Waals surface area (Å²) in [5, 5.41) is 9.09. The van der Waals surface area contributed by atoms with E-state index in [1.807, 2.05) is 37.3 Å². The van der Waals surface area contributed by atoms with Crippen molar-refractivity contribution >= 4 is 17.0 Å². The molecule has 142 valence electrons. The molecule has 1 N–H and O–H groups in total. The first-order valence-corrected chi connectivity index (χ1v) is 9.48. The number of imidazole rings is 1. The van der Waals surface area contributed by atoms with Gasteiger partial charge >= 0.3 is 5.97 Å². The van der Waals surface area contributed by atoms with E-state index in [-0.39, 0.29) is 18.7 Å². The van der Waals surface area contributed by atoms with Crippen molar-refractivity contribution in [3.05, 3.63) is 59.4 Å². The highest BCUT2D eigenvalue weighted by Crippen LogP contribution is 2.26. The summed E-state index contributed by atoms with van der Waals surface area (Å²) < 4.78 is 7.58. The zero-order chi connectivity index (χ0) is 19.4. The first-order valence-electron chi connectivity index (χ1n) is 9.48. The number of hydrogen-bond acceptors (Lipinski definition) is 4. The summed E-state index contributed by atoms with van der Waals surface area (Å²) in [4.78, 5) is 16.4. The van der Waals surface area contributed by atoms with Crippen LogP contribution in [0, 0.1) is 0 Å². The van der Waals surface area contributed by atoms with Gasteiger partial charge in [0.2, 0.25) is 0 Å². The van der Waals surface area contributed by atoms with Crippen LogP contribution in [0.2, 0.25) is 0 Å². The number of carbonyl (C=O) groups is 1. The Morgan fingerprint density at radius 2 is 1.93 bits per heavy atom. The van der Waals surface area contributed by atoms with Crippen LogP contribution in [-0.4, -0.2) is 27.2 Å². The summed E-state index contributed by atoms with van der Waals surface area (Å²) in [6.07, 6.45) is 1.54. The number of benzene rings is 2. The van der Waals surface area contributed by atoms with E-state index < -0.39 is 0 Å². The van der Waals surface area contributed by atoms with Gasteiger partial charge in [0.1, 0.15) is 11.9 Å². The zero-order valence-electron chi connectivity index (χ0n) is 16.1. The molecule has 0 saturated heterocycles. The fourth-order valence-corrected chi connectivity index (χ4v) is 3.21. The van der Waals surface area contributed by atoms with Crippen LogP contribution in [0.5, 0.6) is 0 Å². The topological polar surface area (TPSA) is 64.3 Å². The average molecular weight is 366 g/mol. The lowest BCUT2D eigenvalue weighted by Gasteiger charge is -2.13. The number of esters is 1. The van der Waals surface area contributed by atoms with Crippen LogP contribution in [0.15, 0.2) is 42.5 Å². The summed E-state index contributed by atoms with van der Waals surface area (Å²) in [5.41, 5.74) is 5.02. The highest BCUT2D eigenvalue weighted by atomic mass is 16.5. The molecule has 1 unspecified atom stereocenters. The van der Waals surface area contributed by atoms with Crippen molar-refractivity contribution in [2.45, 2.75) is 46.1 Å². The Labute approximate surface area is 159 Å². The molecular formula is C22H26N2O3. The number of fused-ring (bicyclic) bond motifs is 1. The van der Waals surface area contributed by atoms with Gasteiger partial charge in [-0.2, -0.15) is 0 Å². The van der Waals surface area contributed by atoms with Gasteiger partial charge in [0.15, 0.2) is 0 Å². The van der Waals surface area contributed by atoms with Crippen molar-refractivity contribution in [1.82, 2.24) is 9.55 Å². The molecule has 0 bridgehead atoms. The van der Waals surface area contributed by atoms with E-state index in [0.29, 0.717) is 12.8 Å². The standard InChI is InChI=1S/C22H26N2O3/c1-4-21-23-19-14-17(15(3)27-22(26)5-2)8-11-20(19)24(21)18-9-6-16(7-10-18)12-13-25/h6-11,14-15,25H,4-5,12-13H2,1-3H3. The minimum absolute atomic E-state index is 0.150. The number of aryl methyl sites for hydroxylation is 1. The van der Waals surface area contributed by atoms with Gasteiger partial charge in [0.05, 0.1) is 11.0 Å². The lowest BCUT2D eigenvalue weighted by molar-refractivity contribution is -0.148. The van der Waals surface area contributed by atoms with Crippen LogP contribution in [0.25, 0.3) is 16.7 Å². The number of hydrogen-bond donors (Lipinski definition) is 1. The van der Waals surface area contributed by atoms with E-state index in [0.717, 1.165) is 40.1 Å². The third kappa shape index (κ3) is 4.03. The van der Waals surface area contributed by atoms with E-state index in [1.54, 1.807) is 6.92 Å². The Kier molecular flexibility index (Phi) is 5.91. The second-order valence-electron chi connectivity index (χ2n) is 6.59. The van der Waals surface area contributed by atoms with Crippen LogP contribution in [0.3, 0.4) is 0 Å². The van der Waals surface area contributed by atoms with Crippen molar-refractivity contribution in [2.75, 3.05) is 6.61 Å².